The number of piperazine rings is 1. The molecule has 4 aromatic heterocycles. The first-order valence-corrected chi connectivity index (χ1v) is 11.8. The minimum absolute atomic E-state index is 0.275. The summed E-state index contributed by atoms with van der Waals surface area (Å²) in [6.07, 6.45) is 7.67. The van der Waals surface area contributed by atoms with Crippen molar-refractivity contribution in [3.8, 4) is 11.6 Å². The average molecular weight is 461 g/mol. The SMILES string of the molecule is Nc1nc(N2CCN3CC(CNCc4ccncc4)CCC3C2)nc2nc(-c3ccco3)nn12. The topological polar surface area (TPSA) is 127 Å². The zero-order chi connectivity index (χ0) is 22.9. The number of nitrogens with one attached hydrogen (secondary N) is 1. The Bertz CT molecular complexity index is 1240. The minimum Gasteiger partial charge on any atom is -0.461 e. The number of anilines is 2. The zero-order valence-corrected chi connectivity index (χ0v) is 18.9. The Morgan fingerprint density at radius 1 is 1.06 bits per heavy atom. The van der Waals surface area contributed by atoms with Gasteiger partial charge in [0.1, 0.15) is 0 Å². The third-order valence-corrected chi connectivity index (χ3v) is 6.76. The number of rotatable bonds is 6. The molecule has 11 nitrogen and oxygen atoms in total. The van der Waals surface area contributed by atoms with Gasteiger partial charge in [0.25, 0.3) is 5.78 Å². The van der Waals surface area contributed by atoms with Crippen LogP contribution in [0.2, 0.25) is 0 Å². The van der Waals surface area contributed by atoms with Crippen molar-refractivity contribution in [3.63, 3.8) is 0 Å². The van der Waals surface area contributed by atoms with Crippen molar-refractivity contribution < 1.29 is 4.42 Å². The molecule has 2 saturated heterocycles. The number of nitrogens with zero attached hydrogens (tertiary/aromatic N) is 8. The van der Waals surface area contributed by atoms with Gasteiger partial charge in [-0.1, -0.05) is 0 Å². The van der Waals surface area contributed by atoms with Crippen LogP contribution in [-0.2, 0) is 6.54 Å². The van der Waals surface area contributed by atoms with E-state index < -0.39 is 0 Å². The zero-order valence-electron chi connectivity index (χ0n) is 18.9. The van der Waals surface area contributed by atoms with Crippen molar-refractivity contribution in [2.24, 2.45) is 5.92 Å². The molecule has 2 unspecified atom stereocenters. The van der Waals surface area contributed by atoms with Crippen LogP contribution in [0.1, 0.15) is 18.4 Å². The molecule has 0 aromatic carbocycles. The van der Waals surface area contributed by atoms with Gasteiger partial charge in [0.2, 0.25) is 17.7 Å². The van der Waals surface area contributed by atoms with Crippen molar-refractivity contribution in [1.29, 1.82) is 0 Å². The monoisotopic (exact) mass is 460 g/mol. The minimum atomic E-state index is 0.275. The highest BCUT2D eigenvalue weighted by Crippen LogP contribution is 2.27. The highest BCUT2D eigenvalue weighted by atomic mass is 16.3. The fraction of sp³-hybridized carbons (Fsp3) is 0.435. The smallest absolute Gasteiger partial charge is 0.259 e. The van der Waals surface area contributed by atoms with Crippen LogP contribution in [0, 0.1) is 5.92 Å². The normalized spacial score (nSPS) is 21.1. The van der Waals surface area contributed by atoms with Crippen LogP contribution in [-0.4, -0.2) is 73.2 Å². The Hall–Kier alpha value is -3.57. The quantitative estimate of drug-likeness (QED) is 0.436. The first kappa shape index (κ1) is 21.0. The second-order valence-electron chi connectivity index (χ2n) is 9.03. The first-order valence-electron chi connectivity index (χ1n) is 11.8. The molecule has 0 spiro atoms. The third kappa shape index (κ3) is 4.19. The fourth-order valence-corrected chi connectivity index (χ4v) is 4.97. The van der Waals surface area contributed by atoms with E-state index in [1.54, 1.807) is 12.3 Å². The summed E-state index contributed by atoms with van der Waals surface area (Å²) in [4.78, 5) is 22.6. The van der Waals surface area contributed by atoms with E-state index in [9.17, 15) is 0 Å². The maximum absolute atomic E-state index is 6.20. The Labute approximate surface area is 197 Å². The van der Waals surface area contributed by atoms with Gasteiger partial charge < -0.3 is 20.4 Å². The third-order valence-electron chi connectivity index (χ3n) is 6.76. The lowest BCUT2D eigenvalue weighted by molar-refractivity contribution is 0.0945. The molecule has 6 heterocycles. The van der Waals surface area contributed by atoms with E-state index in [1.807, 2.05) is 18.5 Å². The van der Waals surface area contributed by atoms with Crippen LogP contribution in [0.25, 0.3) is 17.4 Å². The van der Waals surface area contributed by atoms with E-state index in [-0.39, 0.29) is 5.95 Å². The summed E-state index contributed by atoms with van der Waals surface area (Å²) in [5, 5.41) is 8.00. The second kappa shape index (κ2) is 8.99. The number of piperidine rings is 1. The Kier molecular flexibility index (Phi) is 5.55. The molecule has 2 atom stereocenters. The van der Waals surface area contributed by atoms with Crippen LogP contribution < -0.4 is 16.0 Å². The molecule has 34 heavy (non-hydrogen) atoms. The molecule has 2 fully saturated rings. The van der Waals surface area contributed by atoms with Gasteiger partial charge >= 0.3 is 0 Å². The molecule has 0 aliphatic carbocycles. The molecule has 11 heteroatoms. The summed E-state index contributed by atoms with van der Waals surface area (Å²) in [7, 11) is 0. The van der Waals surface area contributed by atoms with Crippen molar-refractivity contribution in [2.75, 3.05) is 43.4 Å². The number of hydrogen-bond donors (Lipinski definition) is 2. The molecule has 0 amide bonds. The summed E-state index contributed by atoms with van der Waals surface area (Å²) in [6.45, 7) is 5.80. The van der Waals surface area contributed by atoms with Crippen molar-refractivity contribution >= 4 is 17.7 Å². The Morgan fingerprint density at radius 3 is 2.82 bits per heavy atom. The van der Waals surface area contributed by atoms with Gasteiger partial charge in [-0.2, -0.15) is 19.5 Å². The standard InChI is InChI=1S/C23H28N10O/c24-21-28-22(29-23-27-20(30-33(21)23)19-2-1-11-34-19)32-10-9-31-14-17(3-4-18(31)15-32)13-26-12-16-5-7-25-8-6-16/h1-2,5-8,11,17-18,26H,3-4,9-10,12-15H2,(H2,24,27,28,29,30). The van der Waals surface area contributed by atoms with Crippen LogP contribution in [0.5, 0.6) is 0 Å². The molecular formula is C23H28N10O. The number of pyridine rings is 1. The number of hydrogen-bond acceptors (Lipinski definition) is 10. The van der Waals surface area contributed by atoms with Gasteiger partial charge in [-0.25, -0.2) is 0 Å². The van der Waals surface area contributed by atoms with Gasteiger partial charge in [-0.3, -0.25) is 9.88 Å². The maximum atomic E-state index is 6.20. The summed E-state index contributed by atoms with van der Waals surface area (Å²) in [6, 6.07) is 8.23. The van der Waals surface area contributed by atoms with Crippen LogP contribution in [0.4, 0.5) is 11.9 Å². The second-order valence-corrected chi connectivity index (χ2v) is 9.03. The summed E-state index contributed by atoms with van der Waals surface area (Å²) < 4.78 is 6.86. The van der Waals surface area contributed by atoms with Crippen LogP contribution in [0.15, 0.2) is 47.3 Å². The Balaban J connectivity index is 1.08. The van der Waals surface area contributed by atoms with Gasteiger partial charge in [0.05, 0.1) is 6.26 Å². The van der Waals surface area contributed by atoms with E-state index >= 15 is 0 Å². The van der Waals surface area contributed by atoms with E-state index in [0.717, 1.165) is 39.3 Å². The molecule has 0 radical (unpaired) electrons. The lowest BCUT2D eigenvalue weighted by Gasteiger charge is -2.46. The Morgan fingerprint density at radius 2 is 1.97 bits per heavy atom. The number of nitrogen functional groups attached to an aromatic ring is 1. The molecule has 6 rings (SSSR count). The van der Waals surface area contributed by atoms with Gasteiger partial charge in [-0.15, -0.1) is 5.10 Å². The molecule has 176 valence electrons. The predicted octanol–water partition coefficient (Wildman–Crippen LogP) is 1.45. The predicted molar refractivity (Wildman–Crippen MR) is 127 cm³/mol. The van der Waals surface area contributed by atoms with Gasteiger partial charge in [0.15, 0.2) is 5.76 Å². The molecule has 2 aliphatic rings. The number of fused-ring (bicyclic) bond motifs is 2. The molecule has 4 aromatic rings. The fourth-order valence-electron chi connectivity index (χ4n) is 4.97. The van der Waals surface area contributed by atoms with Gasteiger partial charge in [0, 0.05) is 51.2 Å². The van der Waals surface area contributed by atoms with Crippen molar-refractivity contribution in [1.82, 2.24) is 39.8 Å². The molecule has 2 aliphatic heterocycles. The van der Waals surface area contributed by atoms with Crippen LogP contribution in [0.3, 0.4) is 0 Å². The van der Waals surface area contributed by atoms with E-state index in [1.165, 1.54) is 22.9 Å². The van der Waals surface area contributed by atoms with Crippen molar-refractivity contribution in [3.05, 3.63) is 48.5 Å². The lowest BCUT2D eigenvalue weighted by Crippen LogP contribution is -2.57. The van der Waals surface area contributed by atoms with E-state index in [0.29, 0.717) is 35.3 Å². The summed E-state index contributed by atoms with van der Waals surface area (Å²) in [5.74, 6) is 3.01. The summed E-state index contributed by atoms with van der Waals surface area (Å²) in [5.41, 5.74) is 7.48. The molecular weight excluding hydrogens is 432 g/mol. The number of nitrogens with two attached hydrogens (primary N) is 1. The van der Waals surface area contributed by atoms with Crippen molar-refractivity contribution in [2.45, 2.75) is 25.4 Å². The highest BCUT2D eigenvalue weighted by Gasteiger charge is 2.34. The number of aromatic nitrogens is 6. The van der Waals surface area contributed by atoms with E-state index in [2.05, 4.69) is 52.3 Å². The maximum Gasteiger partial charge on any atom is 0.259 e. The largest absolute Gasteiger partial charge is 0.461 e. The average Bonchev–Trinajstić information content (AvgIpc) is 3.55. The first-order chi connectivity index (χ1) is 16.7. The van der Waals surface area contributed by atoms with Crippen LogP contribution >= 0.6 is 0 Å². The molecule has 0 saturated carbocycles. The lowest BCUT2D eigenvalue weighted by atomic mass is 9.91. The number of furan rings is 1. The summed E-state index contributed by atoms with van der Waals surface area (Å²) >= 11 is 0. The molecule has 0 bridgehead atoms. The van der Waals surface area contributed by atoms with E-state index in [4.69, 9.17) is 10.2 Å². The molecule has 3 N–H and O–H groups in total. The van der Waals surface area contributed by atoms with Gasteiger partial charge in [-0.05, 0) is 55.1 Å². The highest BCUT2D eigenvalue weighted by molar-refractivity contribution is 5.53.